The van der Waals surface area contributed by atoms with Crippen molar-refractivity contribution < 1.29 is 29.3 Å². The number of benzene rings is 2. The molecule has 4 aromatic rings. The number of aliphatic hydroxyl groups excluding tert-OH is 1. The molecule has 0 unspecified atom stereocenters. The lowest BCUT2D eigenvalue weighted by molar-refractivity contribution is -0.124. The number of hydrogen-bond acceptors (Lipinski definition) is 9. The van der Waals surface area contributed by atoms with Crippen molar-refractivity contribution in [3.8, 4) is 5.75 Å². The first-order chi connectivity index (χ1) is 24.4. The largest absolute Gasteiger partial charge is 0.508 e. The first kappa shape index (κ1) is 39.3. The van der Waals surface area contributed by atoms with Crippen LogP contribution in [0.25, 0.3) is 0 Å². The smallest absolute Gasteiger partial charge is 0.407 e. The first-order valence-electron chi connectivity index (χ1n) is 17.1. The summed E-state index contributed by atoms with van der Waals surface area (Å²) in [6.45, 7) is 8.45. The van der Waals surface area contributed by atoms with Crippen molar-refractivity contribution in [2.45, 2.75) is 90.3 Å². The Morgan fingerprint density at radius 3 is 2.24 bits per heavy atom. The number of alkyl carbamates (subject to hydrolysis) is 1. The molecule has 2 aromatic carbocycles. The molecule has 0 radical (unpaired) electrons. The number of nitrogens with zero attached hydrogens (tertiary/aromatic N) is 2. The van der Waals surface area contributed by atoms with Gasteiger partial charge in [0, 0.05) is 30.7 Å². The predicted molar refractivity (Wildman–Crippen MR) is 201 cm³/mol. The van der Waals surface area contributed by atoms with Gasteiger partial charge in [-0.25, -0.2) is 9.59 Å². The zero-order chi connectivity index (χ0) is 36.9. The van der Waals surface area contributed by atoms with Gasteiger partial charge in [-0.15, -0.1) is 22.7 Å². The van der Waals surface area contributed by atoms with Crippen LogP contribution >= 0.6 is 22.7 Å². The second-order valence-electron chi connectivity index (χ2n) is 13.4. The zero-order valence-electron chi connectivity index (χ0n) is 29.7. The molecule has 2 heterocycles. The van der Waals surface area contributed by atoms with Gasteiger partial charge < -0.3 is 35.8 Å². The number of thiophene rings is 1. The van der Waals surface area contributed by atoms with E-state index in [-0.39, 0.29) is 43.1 Å². The minimum Gasteiger partial charge on any atom is -0.508 e. The summed E-state index contributed by atoms with van der Waals surface area (Å²) < 4.78 is 5.41. The lowest BCUT2D eigenvalue weighted by Crippen LogP contribution is -2.55. The van der Waals surface area contributed by atoms with Crippen LogP contribution in [0.4, 0.5) is 9.59 Å². The molecule has 4 amide bonds. The molecule has 0 fully saturated rings. The highest BCUT2D eigenvalue weighted by Gasteiger charge is 2.31. The molecule has 274 valence electrons. The zero-order valence-corrected chi connectivity index (χ0v) is 31.4. The quantitative estimate of drug-likeness (QED) is 0.0864. The molecule has 4 atom stereocenters. The van der Waals surface area contributed by atoms with Crippen LogP contribution in [0.1, 0.15) is 66.5 Å². The molecule has 0 aliphatic carbocycles. The molecule has 5 N–H and O–H groups in total. The average Bonchev–Trinajstić information content (AvgIpc) is 3.80. The van der Waals surface area contributed by atoms with Crippen molar-refractivity contribution in [3.05, 3.63) is 104 Å². The fourth-order valence-corrected chi connectivity index (χ4v) is 6.98. The van der Waals surface area contributed by atoms with E-state index in [4.69, 9.17) is 4.74 Å². The molecule has 0 saturated carbocycles. The Morgan fingerprint density at radius 2 is 1.61 bits per heavy atom. The predicted octanol–water partition coefficient (Wildman–Crippen LogP) is 6.22. The number of nitrogens with one attached hydrogen (secondary N) is 3. The van der Waals surface area contributed by atoms with Crippen molar-refractivity contribution in [1.29, 1.82) is 0 Å². The number of aromatic nitrogens is 1. The van der Waals surface area contributed by atoms with Gasteiger partial charge in [0.15, 0.2) is 0 Å². The number of phenols is 1. The van der Waals surface area contributed by atoms with E-state index in [1.807, 2.05) is 44.2 Å². The fourth-order valence-electron chi connectivity index (χ4n) is 5.55. The topological polar surface area (TPSA) is 153 Å². The number of amides is 4. The van der Waals surface area contributed by atoms with Crippen molar-refractivity contribution in [2.75, 3.05) is 7.05 Å². The van der Waals surface area contributed by atoms with E-state index in [9.17, 15) is 24.6 Å². The highest BCUT2D eigenvalue weighted by atomic mass is 32.1. The molecule has 0 aliphatic heterocycles. The van der Waals surface area contributed by atoms with E-state index in [0.29, 0.717) is 18.9 Å². The molecule has 51 heavy (non-hydrogen) atoms. The molecule has 0 spiro atoms. The van der Waals surface area contributed by atoms with E-state index in [2.05, 4.69) is 46.2 Å². The Hall–Kier alpha value is -4.46. The number of aromatic hydroxyl groups is 1. The Kier molecular flexibility index (Phi) is 14.8. The SMILES string of the molecule is CC(C)c1cc(CN(C)C(=O)N[C@H](C(=O)N[C@@H](Cc2ccccc2)C[C@H](O)[C@H](Cc2ccc(O)cc2)NC(=O)OCc2cncs2)C(C)C)cs1. The first-order valence-corrected chi connectivity index (χ1v) is 18.8. The van der Waals surface area contributed by atoms with Gasteiger partial charge >= 0.3 is 12.1 Å². The molecule has 0 bridgehead atoms. The Bertz CT molecular complexity index is 1660. The number of carbonyl (C=O) groups is 3. The van der Waals surface area contributed by atoms with Gasteiger partial charge in [0.25, 0.3) is 0 Å². The molecule has 13 heteroatoms. The van der Waals surface area contributed by atoms with E-state index in [0.717, 1.165) is 21.6 Å². The monoisotopic (exact) mass is 735 g/mol. The molecule has 0 aliphatic rings. The number of urea groups is 1. The Balaban J connectivity index is 1.48. The van der Waals surface area contributed by atoms with Crippen LogP contribution in [0.3, 0.4) is 0 Å². The fraction of sp³-hybridized carbons (Fsp3) is 0.421. The van der Waals surface area contributed by atoms with Crippen molar-refractivity contribution in [1.82, 2.24) is 25.8 Å². The maximum atomic E-state index is 13.9. The second-order valence-corrected chi connectivity index (χ2v) is 15.3. The van der Waals surface area contributed by atoms with E-state index in [1.54, 1.807) is 59.3 Å². The van der Waals surface area contributed by atoms with E-state index in [1.165, 1.54) is 16.2 Å². The maximum Gasteiger partial charge on any atom is 0.407 e. The summed E-state index contributed by atoms with van der Waals surface area (Å²) in [5, 5.41) is 32.3. The van der Waals surface area contributed by atoms with Gasteiger partial charge in [-0.1, -0.05) is 70.2 Å². The van der Waals surface area contributed by atoms with Gasteiger partial charge in [-0.05, 0) is 71.4 Å². The average molecular weight is 736 g/mol. The highest BCUT2D eigenvalue weighted by Crippen LogP contribution is 2.24. The van der Waals surface area contributed by atoms with Crippen LogP contribution < -0.4 is 16.0 Å². The molecule has 0 saturated heterocycles. The summed E-state index contributed by atoms with van der Waals surface area (Å²) >= 11 is 3.03. The van der Waals surface area contributed by atoms with Gasteiger partial charge in [0.05, 0.1) is 22.5 Å². The van der Waals surface area contributed by atoms with Gasteiger partial charge in [0.2, 0.25) is 5.91 Å². The maximum absolute atomic E-state index is 13.9. The van der Waals surface area contributed by atoms with Crippen LogP contribution in [0, 0.1) is 5.92 Å². The summed E-state index contributed by atoms with van der Waals surface area (Å²) in [6, 6.07) is 15.7. The third-order valence-electron chi connectivity index (χ3n) is 8.42. The van der Waals surface area contributed by atoms with Crippen LogP contribution in [0.2, 0.25) is 0 Å². The van der Waals surface area contributed by atoms with Crippen LogP contribution in [0.5, 0.6) is 5.75 Å². The van der Waals surface area contributed by atoms with E-state index >= 15 is 0 Å². The minimum absolute atomic E-state index is 0.0367. The Labute approximate surface area is 308 Å². The summed E-state index contributed by atoms with van der Waals surface area (Å²) in [4.78, 5) is 47.7. The number of aliphatic hydroxyl groups is 1. The van der Waals surface area contributed by atoms with Crippen LogP contribution in [-0.4, -0.2) is 69.4 Å². The van der Waals surface area contributed by atoms with Crippen molar-refractivity contribution >= 4 is 40.7 Å². The summed E-state index contributed by atoms with van der Waals surface area (Å²) in [5.41, 5.74) is 4.41. The standard InChI is InChI=1S/C38H49N5O6S2/c1-24(2)34-17-28(22-50-34)20-43(5)37(47)42-35(25(3)4)36(46)40-29(15-26-9-7-6-8-10-26)18-33(45)32(16-27-11-13-30(44)14-12-27)41-38(48)49-21-31-19-39-23-51-31/h6-14,17,19,22-25,29,32-33,35,44-45H,15-16,18,20-21H2,1-5H3,(H,40,46)(H,41,48)(H,42,47)/t29-,32-,33-,35-/m0/s1. The normalized spacial score (nSPS) is 13.6. The lowest BCUT2D eigenvalue weighted by Gasteiger charge is -2.30. The van der Waals surface area contributed by atoms with Crippen molar-refractivity contribution in [2.24, 2.45) is 5.92 Å². The molecule has 11 nitrogen and oxygen atoms in total. The van der Waals surface area contributed by atoms with E-state index < -0.39 is 30.3 Å². The lowest BCUT2D eigenvalue weighted by atomic mass is 9.93. The number of thiazole rings is 1. The third kappa shape index (κ3) is 12.7. The number of carbonyl (C=O) groups excluding carboxylic acids is 3. The molecular weight excluding hydrogens is 687 g/mol. The summed E-state index contributed by atoms with van der Waals surface area (Å²) in [6.07, 6.45) is 0.540. The summed E-state index contributed by atoms with van der Waals surface area (Å²) in [7, 11) is 1.70. The second kappa shape index (κ2) is 19.2. The van der Waals surface area contributed by atoms with Crippen molar-refractivity contribution in [3.63, 3.8) is 0 Å². The number of hydrogen-bond donors (Lipinski definition) is 5. The number of ether oxygens (including phenoxy) is 1. The molecular formula is C38H49N5O6S2. The molecule has 4 rings (SSSR count). The van der Waals surface area contributed by atoms with Gasteiger partial charge in [-0.3, -0.25) is 9.78 Å². The number of rotatable bonds is 17. The molecule has 2 aromatic heterocycles. The highest BCUT2D eigenvalue weighted by molar-refractivity contribution is 7.10. The Morgan fingerprint density at radius 1 is 0.902 bits per heavy atom. The third-order valence-corrected chi connectivity index (χ3v) is 10.5. The van der Waals surface area contributed by atoms with Crippen LogP contribution in [-0.2, 0) is 35.5 Å². The minimum atomic E-state index is -1.11. The van der Waals surface area contributed by atoms with Gasteiger partial charge in [0.1, 0.15) is 18.4 Å². The number of phenolic OH excluding ortho intramolecular Hbond substituents is 1. The van der Waals surface area contributed by atoms with Crippen LogP contribution in [0.15, 0.2) is 77.8 Å². The summed E-state index contributed by atoms with van der Waals surface area (Å²) in [5.74, 6) is -0.0932. The van der Waals surface area contributed by atoms with Gasteiger partial charge in [-0.2, -0.15) is 0 Å².